The maximum absolute atomic E-state index is 12.0. The topological polar surface area (TPSA) is 99.5 Å². The summed E-state index contributed by atoms with van der Waals surface area (Å²) in [4.78, 5) is 34.6. The second kappa shape index (κ2) is 7.40. The summed E-state index contributed by atoms with van der Waals surface area (Å²) in [6, 6.07) is 8.45. The van der Waals surface area contributed by atoms with Gasteiger partial charge < -0.3 is 9.47 Å². The van der Waals surface area contributed by atoms with Crippen LogP contribution in [0, 0.1) is 6.92 Å². The highest BCUT2D eigenvalue weighted by molar-refractivity contribution is 5.97. The van der Waals surface area contributed by atoms with Crippen LogP contribution in [0.4, 0.5) is 4.79 Å². The number of benzene rings is 1. The molecule has 1 aromatic carbocycles. The van der Waals surface area contributed by atoms with Crippen LogP contribution in [0.25, 0.3) is 5.69 Å². The van der Waals surface area contributed by atoms with Crippen LogP contribution in [0.2, 0.25) is 0 Å². The fraction of sp³-hybridized carbons (Fsp3) is 0.250. The van der Waals surface area contributed by atoms with Gasteiger partial charge in [0.25, 0.3) is 5.91 Å². The van der Waals surface area contributed by atoms with Crippen LogP contribution in [-0.4, -0.2) is 41.0 Å². The fourth-order valence-corrected chi connectivity index (χ4v) is 1.91. The van der Waals surface area contributed by atoms with E-state index in [1.807, 2.05) is 18.3 Å². The summed E-state index contributed by atoms with van der Waals surface area (Å²) in [5.41, 5.74) is 2.03. The maximum Gasteiger partial charge on any atom is 0.413 e. The number of rotatable bonds is 4. The lowest BCUT2D eigenvalue weighted by Gasteiger charge is -2.12. The molecule has 1 atom stereocenters. The van der Waals surface area contributed by atoms with Crippen molar-refractivity contribution >= 4 is 18.0 Å². The monoisotopic (exact) mass is 331 g/mol. The number of carbonyl (C=O) groups is 3. The van der Waals surface area contributed by atoms with E-state index in [1.54, 1.807) is 35.1 Å². The van der Waals surface area contributed by atoms with Gasteiger partial charge in [-0.05, 0) is 44.2 Å². The number of amides is 2. The third-order valence-electron chi connectivity index (χ3n) is 3.24. The lowest BCUT2D eigenvalue weighted by molar-refractivity contribution is -0.128. The van der Waals surface area contributed by atoms with Gasteiger partial charge in [0.05, 0.1) is 18.4 Å². The number of nitrogens with one attached hydrogen (secondary N) is 1. The van der Waals surface area contributed by atoms with E-state index in [1.165, 1.54) is 6.92 Å². The number of hydrogen-bond acceptors (Lipinski definition) is 6. The Labute approximate surface area is 138 Å². The van der Waals surface area contributed by atoms with Crippen LogP contribution in [0.15, 0.2) is 36.5 Å². The zero-order chi connectivity index (χ0) is 17.7. The normalized spacial score (nSPS) is 11.5. The lowest BCUT2D eigenvalue weighted by Crippen LogP contribution is -2.39. The predicted octanol–water partition coefficient (Wildman–Crippen LogP) is 1.61. The predicted molar refractivity (Wildman–Crippen MR) is 83.7 cm³/mol. The average molecular weight is 331 g/mol. The Hall–Kier alpha value is -3.16. The Balaban J connectivity index is 2.01. The number of alkyl carbamates (subject to hydrolysis) is 1. The lowest BCUT2D eigenvalue weighted by atomic mass is 10.2. The third kappa shape index (κ3) is 3.97. The molecule has 0 radical (unpaired) electrons. The standard InChI is InChI=1S/C16H17N3O5/c1-10-8-9-17-19(10)13-6-4-12(5-7-13)15(21)24-11(2)14(20)18-16(22)23-3/h4-9,11H,1-3H3,(H,18,20,22)/t11-/m1/s1. The van der Waals surface area contributed by atoms with Crippen molar-refractivity contribution < 1.29 is 23.9 Å². The van der Waals surface area contributed by atoms with E-state index < -0.39 is 24.1 Å². The molecule has 0 saturated carbocycles. The minimum absolute atomic E-state index is 0.279. The molecule has 1 N–H and O–H groups in total. The second-order valence-corrected chi connectivity index (χ2v) is 4.96. The second-order valence-electron chi connectivity index (χ2n) is 4.96. The molecule has 0 aliphatic heterocycles. The molecule has 0 unspecified atom stereocenters. The number of hydrogen-bond donors (Lipinski definition) is 1. The molecule has 8 nitrogen and oxygen atoms in total. The van der Waals surface area contributed by atoms with Crippen molar-refractivity contribution in [2.45, 2.75) is 20.0 Å². The third-order valence-corrected chi connectivity index (χ3v) is 3.24. The molecule has 2 amide bonds. The van der Waals surface area contributed by atoms with Crippen molar-refractivity contribution in [3.8, 4) is 5.69 Å². The van der Waals surface area contributed by atoms with Crippen LogP contribution < -0.4 is 5.32 Å². The van der Waals surface area contributed by atoms with Gasteiger partial charge in [0, 0.05) is 11.9 Å². The quantitative estimate of drug-likeness (QED) is 0.855. The van der Waals surface area contributed by atoms with Crippen molar-refractivity contribution in [1.82, 2.24) is 15.1 Å². The van der Waals surface area contributed by atoms with E-state index in [4.69, 9.17) is 4.74 Å². The molecule has 2 rings (SSSR count). The number of esters is 1. The van der Waals surface area contributed by atoms with Gasteiger partial charge in [-0.3, -0.25) is 10.1 Å². The summed E-state index contributed by atoms with van der Waals surface area (Å²) in [5, 5.41) is 6.10. The molecule has 8 heteroatoms. The minimum Gasteiger partial charge on any atom is -0.453 e. The Morgan fingerprint density at radius 1 is 1.17 bits per heavy atom. The van der Waals surface area contributed by atoms with Gasteiger partial charge in [-0.1, -0.05) is 0 Å². The van der Waals surface area contributed by atoms with Crippen LogP contribution >= 0.6 is 0 Å². The van der Waals surface area contributed by atoms with Crippen molar-refractivity contribution in [3.05, 3.63) is 47.8 Å². The van der Waals surface area contributed by atoms with Crippen molar-refractivity contribution in [1.29, 1.82) is 0 Å². The van der Waals surface area contributed by atoms with Gasteiger partial charge in [-0.25, -0.2) is 14.3 Å². The molecule has 0 aliphatic carbocycles. The molecule has 0 spiro atoms. The molecular formula is C16H17N3O5. The van der Waals surface area contributed by atoms with E-state index in [2.05, 4.69) is 9.84 Å². The Morgan fingerprint density at radius 2 is 1.83 bits per heavy atom. The largest absolute Gasteiger partial charge is 0.453 e. The summed E-state index contributed by atoms with van der Waals surface area (Å²) >= 11 is 0. The summed E-state index contributed by atoms with van der Waals surface area (Å²) in [7, 11) is 1.13. The number of aromatic nitrogens is 2. The molecular weight excluding hydrogens is 314 g/mol. The molecule has 2 aromatic rings. The Kier molecular flexibility index (Phi) is 5.31. The van der Waals surface area contributed by atoms with Crippen LogP contribution in [-0.2, 0) is 14.3 Å². The molecule has 24 heavy (non-hydrogen) atoms. The van der Waals surface area contributed by atoms with Gasteiger partial charge in [0.2, 0.25) is 0 Å². The van der Waals surface area contributed by atoms with Gasteiger partial charge >= 0.3 is 12.1 Å². The van der Waals surface area contributed by atoms with Gasteiger partial charge in [0.15, 0.2) is 6.10 Å². The number of methoxy groups -OCH3 is 1. The molecule has 126 valence electrons. The highest BCUT2D eigenvalue weighted by Gasteiger charge is 2.21. The van der Waals surface area contributed by atoms with E-state index in [0.717, 1.165) is 18.5 Å². The van der Waals surface area contributed by atoms with Crippen LogP contribution in [0.5, 0.6) is 0 Å². The van der Waals surface area contributed by atoms with Gasteiger partial charge in [-0.15, -0.1) is 0 Å². The maximum atomic E-state index is 12.0. The van der Waals surface area contributed by atoms with Crippen molar-refractivity contribution in [2.24, 2.45) is 0 Å². The molecule has 0 fully saturated rings. The Bertz CT molecular complexity index is 751. The first-order chi connectivity index (χ1) is 11.4. The highest BCUT2D eigenvalue weighted by atomic mass is 16.6. The Morgan fingerprint density at radius 3 is 2.38 bits per heavy atom. The molecule has 0 bridgehead atoms. The molecule has 0 saturated heterocycles. The first-order valence-corrected chi connectivity index (χ1v) is 7.13. The smallest absolute Gasteiger partial charge is 0.413 e. The van der Waals surface area contributed by atoms with E-state index in [-0.39, 0.29) is 5.56 Å². The highest BCUT2D eigenvalue weighted by Crippen LogP contribution is 2.12. The zero-order valence-corrected chi connectivity index (χ0v) is 13.5. The van der Waals surface area contributed by atoms with E-state index >= 15 is 0 Å². The summed E-state index contributed by atoms with van der Waals surface area (Å²) in [6.07, 6.45) is -0.370. The molecule has 1 aromatic heterocycles. The number of carbonyl (C=O) groups excluding carboxylic acids is 3. The number of nitrogens with zero attached hydrogens (tertiary/aromatic N) is 2. The van der Waals surface area contributed by atoms with Crippen molar-refractivity contribution in [3.63, 3.8) is 0 Å². The SMILES string of the molecule is COC(=O)NC(=O)[C@@H](C)OC(=O)c1ccc(-n2nccc2C)cc1. The van der Waals surface area contributed by atoms with Crippen LogP contribution in [0.3, 0.4) is 0 Å². The first kappa shape index (κ1) is 17.2. The zero-order valence-electron chi connectivity index (χ0n) is 13.5. The average Bonchev–Trinajstić information content (AvgIpc) is 3.00. The number of imide groups is 1. The van der Waals surface area contributed by atoms with Gasteiger partial charge in [0.1, 0.15) is 0 Å². The summed E-state index contributed by atoms with van der Waals surface area (Å²) in [6.45, 7) is 3.27. The van der Waals surface area contributed by atoms with E-state index in [9.17, 15) is 14.4 Å². The fourth-order valence-electron chi connectivity index (χ4n) is 1.91. The van der Waals surface area contributed by atoms with E-state index in [0.29, 0.717) is 0 Å². The first-order valence-electron chi connectivity index (χ1n) is 7.13. The van der Waals surface area contributed by atoms with Crippen LogP contribution in [0.1, 0.15) is 23.0 Å². The van der Waals surface area contributed by atoms with Gasteiger partial charge in [-0.2, -0.15) is 5.10 Å². The number of aryl methyl sites for hydroxylation is 1. The molecule has 1 heterocycles. The number of ether oxygens (including phenoxy) is 2. The molecule has 0 aliphatic rings. The summed E-state index contributed by atoms with van der Waals surface area (Å²) < 4.78 is 11.0. The summed E-state index contributed by atoms with van der Waals surface area (Å²) in [5.74, 6) is -1.44. The minimum atomic E-state index is -1.13. The van der Waals surface area contributed by atoms with Crippen molar-refractivity contribution in [2.75, 3.05) is 7.11 Å².